The minimum atomic E-state index is -0.107. The van der Waals surface area contributed by atoms with Crippen molar-refractivity contribution < 1.29 is 4.39 Å². The van der Waals surface area contributed by atoms with Crippen molar-refractivity contribution in [2.24, 2.45) is 5.92 Å². The van der Waals surface area contributed by atoms with Gasteiger partial charge in [-0.3, -0.25) is 4.90 Å². The molecule has 0 aliphatic carbocycles. The molecular formula is C15H22BrFN2. The highest BCUT2D eigenvalue weighted by atomic mass is 79.9. The van der Waals surface area contributed by atoms with E-state index in [-0.39, 0.29) is 5.82 Å². The van der Waals surface area contributed by atoms with Gasteiger partial charge in [0.2, 0.25) is 0 Å². The molecule has 0 unspecified atom stereocenters. The van der Waals surface area contributed by atoms with Crippen LogP contribution in [0.15, 0.2) is 22.7 Å². The molecule has 0 saturated carbocycles. The first kappa shape index (κ1) is 14.9. The number of hydrogen-bond acceptors (Lipinski definition) is 2. The maximum absolute atomic E-state index is 13.8. The van der Waals surface area contributed by atoms with Gasteiger partial charge in [-0.2, -0.15) is 0 Å². The number of piperidine rings is 1. The van der Waals surface area contributed by atoms with E-state index in [1.54, 1.807) is 6.07 Å². The molecule has 1 aromatic carbocycles. The van der Waals surface area contributed by atoms with Crippen LogP contribution in [-0.2, 0) is 6.54 Å². The van der Waals surface area contributed by atoms with Crippen molar-refractivity contribution in [3.05, 3.63) is 34.1 Å². The summed E-state index contributed by atoms with van der Waals surface area (Å²) in [6.07, 6.45) is 2.44. The Bertz CT molecular complexity index is 415. The molecule has 2 nitrogen and oxygen atoms in total. The fourth-order valence-electron chi connectivity index (χ4n) is 2.73. The summed E-state index contributed by atoms with van der Waals surface area (Å²) in [6, 6.07) is 5.34. The van der Waals surface area contributed by atoms with E-state index in [0.29, 0.717) is 0 Å². The van der Waals surface area contributed by atoms with Crippen molar-refractivity contribution in [1.29, 1.82) is 0 Å². The van der Waals surface area contributed by atoms with Crippen molar-refractivity contribution >= 4 is 15.9 Å². The molecule has 2 rings (SSSR count). The molecule has 0 spiro atoms. The van der Waals surface area contributed by atoms with Crippen LogP contribution in [-0.4, -0.2) is 43.5 Å². The van der Waals surface area contributed by atoms with E-state index >= 15 is 0 Å². The molecule has 0 aromatic heterocycles. The molecule has 4 heteroatoms. The molecule has 1 aromatic rings. The smallest absolute Gasteiger partial charge is 0.128 e. The zero-order valence-electron chi connectivity index (χ0n) is 11.7. The minimum absolute atomic E-state index is 0.107. The topological polar surface area (TPSA) is 6.48 Å². The zero-order chi connectivity index (χ0) is 13.8. The number of hydrogen-bond donors (Lipinski definition) is 0. The molecule has 0 radical (unpaired) electrons. The molecule has 1 heterocycles. The van der Waals surface area contributed by atoms with Crippen LogP contribution >= 0.6 is 15.9 Å². The van der Waals surface area contributed by atoms with Gasteiger partial charge in [-0.15, -0.1) is 0 Å². The molecule has 1 aliphatic heterocycles. The van der Waals surface area contributed by atoms with Gasteiger partial charge in [0.15, 0.2) is 0 Å². The highest BCUT2D eigenvalue weighted by molar-refractivity contribution is 9.10. The molecule has 0 atom stereocenters. The third kappa shape index (κ3) is 4.55. The lowest BCUT2D eigenvalue weighted by atomic mass is 9.96. The van der Waals surface area contributed by atoms with E-state index in [2.05, 4.69) is 39.8 Å². The van der Waals surface area contributed by atoms with Crippen LogP contribution in [0.5, 0.6) is 0 Å². The van der Waals surface area contributed by atoms with Crippen LogP contribution in [0, 0.1) is 11.7 Å². The van der Waals surface area contributed by atoms with Crippen LogP contribution in [0.1, 0.15) is 18.4 Å². The van der Waals surface area contributed by atoms with Crippen molar-refractivity contribution in [3.8, 4) is 0 Å². The Labute approximate surface area is 123 Å². The molecule has 0 N–H and O–H groups in total. The Hall–Kier alpha value is -0.450. The lowest BCUT2D eigenvalue weighted by Crippen LogP contribution is -2.36. The summed E-state index contributed by atoms with van der Waals surface area (Å²) < 4.78 is 14.6. The second kappa shape index (κ2) is 6.82. The van der Waals surface area contributed by atoms with Crippen molar-refractivity contribution in [2.45, 2.75) is 19.4 Å². The Morgan fingerprint density at radius 1 is 1.32 bits per heavy atom. The average Bonchev–Trinajstić information content (AvgIpc) is 2.34. The summed E-state index contributed by atoms with van der Waals surface area (Å²) in [5.41, 5.74) is 0.800. The van der Waals surface area contributed by atoms with E-state index in [1.165, 1.54) is 19.4 Å². The standard InChI is InChI=1S/C15H22BrFN2/c1-18(2)10-12-5-7-19(8-6-12)11-13-3-4-14(16)9-15(13)17/h3-4,9,12H,5-8,10-11H2,1-2H3. The van der Waals surface area contributed by atoms with Gasteiger partial charge in [-0.05, 0) is 58.1 Å². The van der Waals surface area contributed by atoms with E-state index in [9.17, 15) is 4.39 Å². The lowest BCUT2D eigenvalue weighted by molar-refractivity contribution is 0.155. The van der Waals surface area contributed by atoms with Crippen LogP contribution in [0.25, 0.3) is 0 Å². The Kier molecular flexibility index (Phi) is 5.37. The molecule has 0 bridgehead atoms. The summed E-state index contributed by atoms with van der Waals surface area (Å²) >= 11 is 3.29. The first-order valence-corrected chi connectivity index (χ1v) is 7.65. The minimum Gasteiger partial charge on any atom is -0.309 e. The van der Waals surface area contributed by atoms with Gasteiger partial charge in [-0.25, -0.2) is 4.39 Å². The third-order valence-electron chi connectivity index (χ3n) is 3.74. The fraction of sp³-hybridized carbons (Fsp3) is 0.600. The summed E-state index contributed by atoms with van der Waals surface area (Å²) in [5, 5.41) is 0. The van der Waals surface area contributed by atoms with E-state index in [4.69, 9.17) is 0 Å². The Balaban J connectivity index is 1.85. The zero-order valence-corrected chi connectivity index (χ0v) is 13.3. The fourth-order valence-corrected chi connectivity index (χ4v) is 3.07. The van der Waals surface area contributed by atoms with Gasteiger partial charge >= 0.3 is 0 Å². The quantitative estimate of drug-likeness (QED) is 0.836. The molecule has 1 saturated heterocycles. The first-order valence-electron chi connectivity index (χ1n) is 6.85. The van der Waals surface area contributed by atoms with E-state index in [1.807, 2.05) is 12.1 Å². The normalized spacial score (nSPS) is 18.2. The third-order valence-corrected chi connectivity index (χ3v) is 4.23. The van der Waals surface area contributed by atoms with Crippen molar-refractivity contribution in [3.63, 3.8) is 0 Å². The number of rotatable bonds is 4. The highest BCUT2D eigenvalue weighted by Gasteiger charge is 2.20. The van der Waals surface area contributed by atoms with Gasteiger partial charge < -0.3 is 4.90 Å². The second-order valence-corrected chi connectivity index (χ2v) is 6.63. The Morgan fingerprint density at radius 2 is 2.00 bits per heavy atom. The monoisotopic (exact) mass is 328 g/mol. The maximum atomic E-state index is 13.8. The lowest BCUT2D eigenvalue weighted by Gasteiger charge is -2.33. The van der Waals surface area contributed by atoms with Gasteiger partial charge in [0.05, 0.1) is 0 Å². The summed E-state index contributed by atoms with van der Waals surface area (Å²) in [6.45, 7) is 4.05. The molecule has 19 heavy (non-hydrogen) atoms. The van der Waals surface area contributed by atoms with Crippen LogP contribution < -0.4 is 0 Å². The first-order chi connectivity index (χ1) is 9.04. The number of likely N-dealkylation sites (tertiary alicyclic amines) is 1. The molecule has 106 valence electrons. The molecule has 0 amide bonds. The molecule has 1 aliphatic rings. The number of nitrogens with zero attached hydrogens (tertiary/aromatic N) is 2. The molecular weight excluding hydrogens is 307 g/mol. The van der Waals surface area contributed by atoms with Gasteiger partial charge in [-0.1, -0.05) is 22.0 Å². The van der Waals surface area contributed by atoms with Crippen LogP contribution in [0.2, 0.25) is 0 Å². The Morgan fingerprint density at radius 3 is 2.58 bits per heavy atom. The van der Waals surface area contributed by atoms with E-state index < -0.39 is 0 Å². The molecule has 1 fully saturated rings. The SMILES string of the molecule is CN(C)CC1CCN(Cc2ccc(Br)cc2F)CC1. The summed E-state index contributed by atoms with van der Waals surface area (Å²) in [5.74, 6) is 0.686. The van der Waals surface area contributed by atoms with Gasteiger partial charge in [0.25, 0.3) is 0 Å². The van der Waals surface area contributed by atoms with Crippen molar-refractivity contribution in [1.82, 2.24) is 9.80 Å². The summed E-state index contributed by atoms with van der Waals surface area (Å²) in [7, 11) is 4.26. The summed E-state index contributed by atoms with van der Waals surface area (Å²) in [4.78, 5) is 4.62. The largest absolute Gasteiger partial charge is 0.309 e. The predicted octanol–water partition coefficient (Wildman–Crippen LogP) is 3.36. The van der Waals surface area contributed by atoms with Crippen LogP contribution in [0.3, 0.4) is 0 Å². The van der Waals surface area contributed by atoms with Gasteiger partial charge in [0.1, 0.15) is 5.82 Å². The highest BCUT2D eigenvalue weighted by Crippen LogP contribution is 2.21. The van der Waals surface area contributed by atoms with Crippen molar-refractivity contribution in [2.75, 3.05) is 33.7 Å². The number of benzene rings is 1. The number of halogens is 2. The van der Waals surface area contributed by atoms with E-state index in [0.717, 1.165) is 35.6 Å². The maximum Gasteiger partial charge on any atom is 0.128 e. The van der Waals surface area contributed by atoms with Crippen LogP contribution in [0.4, 0.5) is 4.39 Å². The average molecular weight is 329 g/mol. The second-order valence-electron chi connectivity index (χ2n) is 5.72. The van der Waals surface area contributed by atoms with Gasteiger partial charge in [0, 0.05) is 23.1 Å². The predicted molar refractivity (Wildman–Crippen MR) is 80.7 cm³/mol.